The van der Waals surface area contributed by atoms with Crippen LogP contribution in [0.25, 0.3) is 6.08 Å². The topological polar surface area (TPSA) is 73.2 Å². The van der Waals surface area contributed by atoms with Gasteiger partial charge in [-0.2, -0.15) is 13.2 Å². The van der Waals surface area contributed by atoms with Gasteiger partial charge in [0, 0.05) is 30.8 Å². The first-order valence-corrected chi connectivity index (χ1v) is 16.6. The Kier molecular flexibility index (Phi) is 7.91. The number of rotatable bonds is 8. The average Bonchev–Trinajstić information content (AvgIpc) is 3.40. The molecule has 248 valence electrons. The number of phenolic OH excluding ortho intramolecular Hbond substituents is 1. The Morgan fingerprint density at radius 3 is 2.64 bits per heavy atom. The minimum atomic E-state index is -4.48. The highest BCUT2D eigenvalue weighted by molar-refractivity contribution is 5.92. The van der Waals surface area contributed by atoms with E-state index in [1.807, 2.05) is 38.1 Å². The van der Waals surface area contributed by atoms with Crippen molar-refractivity contribution in [3.8, 4) is 11.5 Å². The van der Waals surface area contributed by atoms with Crippen molar-refractivity contribution in [2.24, 2.45) is 5.92 Å². The molecule has 5 atom stereocenters. The Balaban J connectivity index is 1.23. The van der Waals surface area contributed by atoms with Gasteiger partial charge in [-0.1, -0.05) is 62.4 Å². The molecule has 3 aromatic rings. The van der Waals surface area contributed by atoms with Crippen molar-refractivity contribution in [2.45, 2.75) is 81.3 Å². The molecular formula is C38H41F3N2O4. The second-order valence-corrected chi connectivity index (χ2v) is 14.1. The number of amides is 1. The highest BCUT2D eigenvalue weighted by atomic mass is 19.4. The van der Waals surface area contributed by atoms with E-state index in [-0.39, 0.29) is 29.2 Å². The molecule has 47 heavy (non-hydrogen) atoms. The maximum atomic E-state index is 14.0. The molecule has 6 nitrogen and oxygen atoms in total. The van der Waals surface area contributed by atoms with Gasteiger partial charge in [0.25, 0.3) is 0 Å². The smallest absolute Gasteiger partial charge is 0.416 e. The predicted molar refractivity (Wildman–Crippen MR) is 173 cm³/mol. The molecular weight excluding hydrogens is 605 g/mol. The van der Waals surface area contributed by atoms with Gasteiger partial charge in [-0.15, -0.1) is 0 Å². The summed E-state index contributed by atoms with van der Waals surface area (Å²) in [6.07, 6.45) is 0.773. The summed E-state index contributed by atoms with van der Waals surface area (Å²) in [7, 11) is 0. The number of benzene rings is 3. The van der Waals surface area contributed by atoms with Gasteiger partial charge in [-0.3, -0.25) is 9.69 Å². The number of hydrogen-bond acceptors (Lipinski definition) is 5. The number of halogens is 3. The second kappa shape index (κ2) is 11.7. The third-order valence-electron chi connectivity index (χ3n) is 10.9. The summed E-state index contributed by atoms with van der Waals surface area (Å²) in [6, 6.07) is 18.3. The van der Waals surface area contributed by atoms with E-state index in [9.17, 15) is 28.2 Å². The molecule has 2 heterocycles. The van der Waals surface area contributed by atoms with Crippen LogP contribution in [0.1, 0.15) is 60.9 Å². The second-order valence-electron chi connectivity index (χ2n) is 14.1. The highest BCUT2D eigenvalue weighted by Crippen LogP contribution is 2.66. The number of piperidine rings is 1. The quantitative estimate of drug-likeness (QED) is 0.278. The normalized spacial score (nSPS) is 27.9. The largest absolute Gasteiger partial charge is 0.504 e. The van der Waals surface area contributed by atoms with Crippen molar-refractivity contribution in [3.05, 3.63) is 101 Å². The fraction of sp³-hybridized carbons (Fsp3) is 0.447. The first-order chi connectivity index (χ1) is 22.4. The molecule has 0 unspecified atom stereocenters. The summed E-state index contributed by atoms with van der Waals surface area (Å²) in [6.45, 7) is 6.00. The SMILES string of the molecule is CC(C)CN(C(=O)C=Cc1cccc(C(F)(F)F)c1)[C@@H]1CC[C@@]2(O)[C@H]3Cc4ccc(O)c5c4[C@@]2(CCN3CCc2ccccc2)[C@H]1O5. The van der Waals surface area contributed by atoms with Crippen molar-refractivity contribution in [1.82, 2.24) is 9.80 Å². The molecule has 7 rings (SSSR count). The molecule has 2 aliphatic carbocycles. The summed E-state index contributed by atoms with van der Waals surface area (Å²) in [4.78, 5) is 18.2. The Bertz CT molecular complexity index is 1690. The summed E-state index contributed by atoms with van der Waals surface area (Å²) >= 11 is 0. The summed E-state index contributed by atoms with van der Waals surface area (Å²) in [5, 5.41) is 24.0. The first kappa shape index (κ1) is 31.8. The zero-order valence-corrected chi connectivity index (χ0v) is 26.7. The minimum absolute atomic E-state index is 0.0322. The molecule has 0 aromatic heterocycles. The van der Waals surface area contributed by atoms with Gasteiger partial charge in [0.05, 0.1) is 22.6 Å². The molecule has 2 aliphatic heterocycles. The van der Waals surface area contributed by atoms with E-state index in [2.05, 4.69) is 17.0 Å². The maximum absolute atomic E-state index is 14.0. The molecule has 2 bridgehead atoms. The van der Waals surface area contributed by atoms with Crippen molar-refractivity contribution in [3.63, 3.8) is 0 Å². The maximum Gasteiger partial charge on any atom is 0.416 e. The highest BCUT2D eigenvalue weighted by Gasteiger charge is 2.73. The van der Waals surface area contributed by atoms with Crippen LogP contribution in [0.3, 0.4) is 0 Å². The van der Waals surface area contributed by atoms with Crippen LogP contribution < -0.4 is 4.74 Å². The molecule has 3 aromatic carbocycles. The van der Waals surface area contributed by atoms with Crippen LogP contribution in [-0.4, -0.2) is 69.3 Å². The van der Waals surface area contributed by atoms with Crippen LogP contribution in [0.2, 0.25) is 0 Å². The van der Waals surface area contributed by atoms with Gasteiger partial charge in [0.15, 0.2) is 11.5 Å². The van der Waals surface area contributed by atoms with E-state index in [1.165, 1.54) is 23.8 Å². The number of ether oxygens (including phenoxy) is 1. The Labute approximate surface area is 273 Å². The lowest BCUT2D eigenvalue weighted by Crippen LogP contribution is -2.78. The van der Waals surface area contributed by atoms with Crippen LogP contribution in [0, 0.1) is 5.92 Å². The van der Waals surface area contributed by atoms with Gasteiger partial charge in [-0.25, -0.2) is 0 Å². The summed E-state index contributed by atoms with van der Waals surface area (Å²) in [5.41, 5.74) is 0.755. The van der Waals surface area contributed by atoms with Crippen LogP contribution in [-0.2, 0) is 29.2 Å². The molecule has 2 N–H and O–H groups in total. The third kappa shape index (κ3) is 5.22. The van der Waals surface area contributed by atoms with E-state index < -0.39 is 34.9 Å². The lowest BCUT2D eigenvalue weighted by atomic mass is 9.48. The van der Waals surface area contributed by atoms with E-state index in [0.717, 1.165) is 42.8 Å². The molecule has 1 saturated heterocycles. The minimum Gasteiger partial charge on any atom is -0.504 e. The molecule has 1 spiro atoms. The van der Waals surface area contributed by atoms with E-state index in [1.54, 1.807) is 17.0 Å². The van der Waals surface area contributed by atoms with Crippen molar-refractivity contribution in [2.75, 3.05) is 19.6 Å². The van der Waals surface area contributed by atoms with Crippen LogP contribution in [0.4, 0.5) is 13.2 Å². The number of aromatic hydroxyl groups is 1. The molecule has 1 saturated carbocycles. The fourth-order valence-electron chi connectivity index (χ4n) is 8.97. The average molecular weight is 647 g/mol. The van der Waals surface area contributed by atoms with Gasteiger partial charge >= 0.3 is 6.18 Å². The molecule has 1 amide bonds. The van der Waals surface area contributed by atoms with Crippen molar-refractivity contribution in [1.29, 1.82) is 0 Å². The van der Waals surface area contributed by atoms with Gasteiger partial charge in [0.1, 0.15) is 6.10 Å². The number of carbonyl (C=O) groups is 1. The summed E-state index contributed by atoms with van der Waals surface area (Å²) < 4.78 is 46.7. The number of nitrogens with zero attached hydrogens (tertiary/aromatic N) is 2. The van der Waals surface area contributed by atoms with Crippen molar-refractivity contribution < 1.29 is 32.9 Å². The molecule has 9 heteroatoms. The van der Waals surface area contributed by atoms with E-state index in [4.69, 9.17) is 4.74 Å². The van der Waals surface area contributed by atoms with E-state index in [0.29, 0.717) is 38.0 Å². The number of aliphatic hydroxyl groups is 1. The van der Waals surface area contributed by atoms with Crippen LogP contribution in [0.15, 0.2) is 72.8 Å². The summed E-state index contributed by atoms with van der Waals surface area (Å²) in [5.74, 6) is 0.223. The molecule has 2 fully saturated rings. The number of likely N-dealkylation sites (tertiary alicyclic amines) is 1. The number of carbonyl (C=O) groups excluding carboxylic acids is 1. The zero-order valence-electron chi connectivity index (χ0n) is 26.7. The Hall–Kier alpha value is -3.82. The van der Waals surface area contributed by atoms with Crippen LogP contribution >= 0.6 is 0 Å². The standard InChI is InChI=1S/C38H41F3N2O4/c1-24(2)23-43(32(45)14-11-26-9-6-10-28(21-26)38(39,40)41)29-15-17-37(46)31-22-27-12-13-30(44)34-33(27)36(37,35(29)47-34)18-20-42(31)19-16-25-7-4-3-5-8-25/h3-14,21,24,29,31,35,44,46H,15-20,22-23H2,1-2H3/t29-,31-,35+,36+,37-/m1/s1. The lowest BCUT2D eigenvalue weighted by molar-refractivity contribution is -0.201. The molecule has 0 radical (unpaired) electrons. The third-order valence-corrected chi connectivity index (χ3v) is 10.9. The monoisotopic (exact) mass is 646 g/mol. The Morgan fingerprint density at radius 1 is 1.11 bits per heavy atom. The number of alkyl halides is 3. The lowest BCUT2D eigenvalue weighted by Gasteiger charge is -2.65. The fourth-order valence-corrected chi connectivity index (χ4v) is 8.97. The van der Waals surface area contributed by atoms with Crippen LogP contribution in [0.5, 0.6) is 11.5 Å². The number of phenols is 1. The van der Waals surface area contributed by atoms with E-state index >= 15 is 0 Å². The zero-order chi connectivity index (χ0) is 33.1. The number of hydrogen-bond donors (Lipinski definition) is 2. The van der Waals surface area contributed by atoms with Gasteiger partial charge in [-0.05, 0) is 85.5 Å². The van der Waals surface area contributed by atoms with Gasteiger partial charge < -0.3 is 19.8 Å². The predicted octanol–water partition coefficient (Wildman–Crippen LogP) is 6.37. The Morgan fingerprint density at radius 2 is 1.89 bits per heavy atom. The van der Waals surface area contributed by atoms with Crippen molar-refractivity contribution >= 4 is 12.0 Å². The van der Waals surface area contributed by atoms with Gasteiger partial charge in [0.2, 0.25) is 5.91 Å². The molecule has 4 aliphatic rings. The first-order valence-electron chi connectivity index (χ1n) is 16.6.